The number of benzene rings is 2. The van der Waals surface area contributed by atoms with Crippen LogP contribution >= 0.6 is 0 Å². The van der Waals surface area contributed by atoms with Crippen molar-refractivity contribution in [2.45, 2.75) is 27.4 Å². The van der Waals surface area contributed by atoms with Gasteiger partial charge in [0.1, 0.15) is 12.4 Å². The minimum Gasteiger partial charge on any atom is -0.459 e. The molecule has 0 aliphatic heterocycles. The highest BCUT2D eigenvalue weighted by atomic mass is 16.5. The molecule has 0 fully saturated rings. The lowest BCUT2D eigenvalue weighted by molar-refractivity contribution is -0.150. The van der Waals surface area contributed by atoms with E-state index in [0.29, 0.717) is 17.3 Å². The molecule has 0 amide bonds. The van der Waals surface area contributed by atoms with Gasteiger partial charge in [0.2, 0.25) is 5.88 Å². The van der Waals surface area contributed by atoms with Crippen molar-refractivity contribution < 1.29 is 14.3 Å². The van der Waals surface area contributed by atoms with Crippen molar-refractivity contribution >= 4 is 12.0 Å². The van der Waals surface area contributed by atoms with Crippen molar-refractivity contribution in [3.63, 3.8) is 0 Å². The van der Waals surface area contributed by atoms with Gasteiger partial charge in [-0.3, -0.25) is 4.79 Å². The van der Waals surface area contributed by atoms with Gasteiger partial charge in [0.25, 0.3) is 0 Å². The SMILES string of the molecule is C/C(=C\c1ccccc1)C(C(=O)OCc1cccc(Oc2ccccc2)n1)C(C)C. The minimum absolute atomic E-state index is 0.104. The van der Waals surface area contributed by atoms with Gasteiger partial charge in [0.15, 0.2) is 0 Å². The van der Waals surface area contributed by atoms with E-state index in [1.165, 1.54) is 0 Å². The van der Waals surface area contributed by atoms with Crippen LogP contribution in [0.1, 0.15) is 32.0 Å². The molecule has 0 bridgehead atoms. The number of carbonyl (C=O) groups is 1. The van der Waals surface area contributed by atoms with E-state index in [2.05, 4.69) is 4.98 Å². The van der Waals surface area contributed by atoms with E-state index in [0.717, 1.165) is 11.1 Å². The molecule has 30 heavy (non-hydrogen) atoms. The van der Waals surface area contributed by atoms with E-state index in [-0.39, 0.29) is 24.4 Å². The number of hydrogen-bond donors (Lipinski definition) is 0. The molecule has 0 radical (unpaired) electrons. The lowest BCUT2D eigenvalue weighted by Crippen LogP contribution is -2.24. The van der Waals surface area contributed by atoms with Gasteiger partial charge < -0.3 is 9.47 Å². The summed E-state index contributed by atoms with van der Waals surface area (Å²) < 4.78 is 11.4. The van der Waals surface area contributed by atoms with Crippen molar-refractivity contribution in [2.24, 2.45) is 11.8 Å². The second-order valence-electron chi connectivity index (χ2n) is 7.51. The summed E-state index contributed by atoms with van der Waals surface area (Å²) in [5, 5.41) is 0. The summed E-state index contributed by atoms with van der Waals surface area (Å²) >= 11 is 0. The highest BCUT2D eigenvalue weighted by Crippen LogP contribution is 2.25. The molecule has 0 aliphatic carbocycles. The Kier molecular flexibility index (Phi) is 7.39. The first-order valence-electron chi connectivity index (χ1n) is 10.1. The standard InChI is InChI=1S/C26H27NO3/c1-19(2)25(20(3)17-21-11-6-4-7-12-21)26(28)29-18-22-13-10-16-24(27-22)30-23-14-8-5-9-15-23/h4-17,19,25H,18H2,1-3H3/b20-17+. The van der Waals surface area contributed by atoms with Crippen LogP contribution in [0.5, 0.6) is 11.6 Å². The average Bonchev–Trinajstić information content (AvgIpc) is 2.74. The van der Waals surface area contributed by atoms with Crippen LogP contribution in [0, 0.1) is 11.8 Å². The van der Waals surface area contributed by atoms with Gasteiger partial charge >= 0.3 is 5.97 Å². The fourth-order valence-electron chi connectivity index (χ4n) is 3.32. The van der Waals surface area contributed by atoms with Gasteiger partial charge in [-0.1, -0.05) is 80.1 Å². The molecular weight excluding hydrogens is 374 g/mol. The van der Waals surface area contributed by atoms with Crippen molar-refractivity contribution in [1.29, 1.82) is 0 Å². The Bertz CT molecular complexity index is 981. The maximum atomic E-state index is 12.8. The van der Waals surface area contributed by atoms with Crippen LogP contribution in [0.15, 0.2) is 84.4 Å². The number of hydrogen-bond acceptors (Lipinski definition) is 4. The first kappa shape index (κ1) is 21.3. The number of esters is 1. The molecule has 0 N–H and O–H groups in total. The predicted molar refractivity (Wildman–Crippen MR) is 119 cm³/mol. The summed E-state index contributed by atoms with van der Waals surface area (Å²) in [5.74, 6) is 0.744. The molecular formula is C26H27NO3. The molecule has 1 unspecified atom stereocenters. The van der Waals surface area contributed by atoms with E-state index in [9.17, 15) is 4.79 Å². The first-order valence-corrected chi connectivity index (χ1v) is 10.1. The van der Waals surface area contributed by atoms with Crippen LogP contribution in [-0.4, -0.2) is 11.0 Å². The van der Waals surface area contributed by atoms with Gasteiger partial charge in [-0.15, -0.1) is 0 Å². The van der Waals surface area contributed by atoms with Crippen molar-refractivity contribution in [1.82, 2.24) is 4.98 Å². The van der Waals surface area contributed by atoms with Crippen LogP contribution < -0.4 is 4.74 Å². The van der Waals surface area contributed by atoms with Crippen LogP contribution in [0.4, 0.5) is 0 Å². The molecule has 0 saturated carbocycles. The number of para-hydroxylation sites is 1. The monoisotopic (exact) mass is 401 g/mol. The average molecular weight is 402 g/mol. The zero-order chi connectivity index (χ0) is 21.3. The topological polar surface area (TPSA) is 48.4 Å². The smallest absolute Gasteiger partial charge is 0.313 e. The predicted octanol–water partition coefficient (Wildman–Crippen LogP) is 6.29. The Morgan fingerprint density at radius 2 is 1.60 bits per heavy atom. The molecule has 0 saturated heterocycles. The number of ether oxygens (including phenoxy) is 2. The Morgan fingerprint density at radius 3 is 2.27 bits per heavy atom. The van der Waals surface area contributed by atoms with E-state index < -0.39 is 0 Å². The fraction of sp³-hybridized carbons (Fsp3) is 0.231. The molecule has 1 heterocycles. The van der Waals surface area contributed by atoms with Gasteiger partial charge in [0, 0.05) is 6.07 Å². The van der Waals surface area contributed by atoms with E-state index in [1.807, 2.05) is 99.6 Å². The zero-order valence-corrected chi connectivity index (χ0v) is 17.6. The summed E-state index contributed by atoms with van der Waals surface area (Å²) in [6, 6.07) is 24.9. The van der Waals surface area contributed by atoms with Gasteiger partial charge in [-0.05, 0) is 36.6 Å². The second-order valence-corrected chi connectivity index (χ2v) is 7.51. The van der Waals surface area contributed by atoms with Crippen molar-refractivity contribution in [3.05, 3.63) is 95.7 Å². The van der Waals surface area contributed by atoms with Crippen LogP contribution in [0.2, 0.25) is 0 Å². The Hall–Kier alpha value is -3.40. The van der Waals surface area contributed by atoms with E-state index in [4.69, 9.17) is 9.47 Å². The van der Waals surface area contributed by atoms with Gasteiger partial charge in [0.05, 0.1) is 11.6 Å². The van der Waals surface area contributed by atoms with Crippen LogP contribution in [0.3, 0.4) is 0 Å². The zero-order valence-electron chi connectivity index (χ0n) is 17.6. The third-order valence-electron chi connectivity index (χ3n) is 4.71. The Balaban J connectivity index is 1.66. The molecule has 2 aromatic carbocycles. The number of rotatable bonds is 8. The molecule has 3 rings (SSSR count). The fourth-order valence-corrected chi connectivity index (χ4v) is 3.32. The third kappa shape index (κ3) is 6.05. The summed E-state index contributed by atoms with van der Waals surface area (Å²) in [7, 11) is 0. The lowest BCUT2D eigenvalue weighted by atomic mass is 9.88. The summed E-state index contributed by atoms with van der Waals surface area (Å²) in [4.78, 5) is 17.3. The molecule has 1 atom stereocenters. The highest BCUT2D eigenvalue weighted by molar-refractivity contribution is 5.78. The maximum absolute atomic E-state index is 12.8. The summed E-state index contributed by atoms with van der Waals surface area (Å²) in [6.45, 7) is 6.14. The van der Waals surface area contributed by atoms with E-state index in [1.54, 1.807) is 6.07 Å². The molecule has 154 valence electrons. The first-order chi connectivity index (χ1) is 14.5. The van der Waals surface area contributed by atoms with E-state index >= 15 is 0 Å². The Morgan fingerprint density at radius 1 is 0.933 bits per heavy atom. The van der Waals surface area contributed by atoms with Crippen LogP contribution in [0.25, 0.3) is 6.08 Å². The van der Waals surface area contributed by atoms with Gasteiger partial charge in [-0.2, -0.15) is 0 Å². The third-order valence-corrected chi connectivity index (χ3v) is 4.71. The highest BCUT2D eigenvalue weighted by Gasteiger charge is 2.25. The molecule has 3 aromatic rings. The number of aromatic nitrogens is 1. The summed E-state index contributed by atoms with van der Waals surface area (Å²) in [5.41, 5.74) is 2.69. The lowest BCUT2D eigenvalue weighted by Gasteiger charge is -2.20. The van der Waals surface area contributed by atoms with Gasteiger partial charge in [-0.25, -0.2) is 4.98 Å². The maximum Gasteiger partial charge on any atom is 0.313 e. The summed E-state index contributed by atoms with van der Waals surface area (Å²) in [6.07, 6.45) is 2.04. The quantitative estimate of drug-likeness (QED) is 0.416. The molecule has 1 aromatic heterocycles. The molecule has 4 nitrogen and oxygen atoms in total. The molecule has 0 spiro atoms. The van der Waals surface area contributed by atoms with Crippen molar-refractivity contribution in [2.75, 3.05) is 0 Å². The van der Waals surface area contributed by atoms with Crippen molar-refractivity contribution in [3.8, 4) is 11.6 Å². The second kappa shape index (κ2) is 10.4. The largest absolute Gasteiger partial charge is 0.459 e. The number of nitrogens with zero attached hydrogens (tertiary/aromatic N) is 1. The number of carbonyl (C=O) groups excluding carboxylic acids is 1. The number of pyridine rings is 1. The minimum atomic E-state index is -0.311. The normalized spacial score (nSPS) is 12.5. The molecule has 4 heteroatoms. The molecule has 0 aliphatic rings. The van der Waals surface area contributed by atoms with Crippen LogP contribution in [-0.2, 0) is 16.1 Å². The Labute approximate surface area is 178 Å².